The second-order valence-corrected chi connectivity index (χ2v) is 4.69. The van der Waals surface area contributed by atoms with Crippen LogP contribution in [0.2, 0.25) is 0 Å². The molecule has 0 radical (unpaired) electrons. The Morgan fingerprint density at radius 3 is 2.60 bits per heavy atom. The van der Waals surface area contributed by atoms with Crippen molar-refractivity contribution in [1.82, 2.24) is 4.90 Å². The van der Waals surface area contributed by atoms with Crippen LogP contribution in [-0.2, 0) is 9.53 Å². The van der Waals surface area contributed by atoms with Crippen molar-refractivity contribution in [3.05, 3.63) is 30.3 Å². The van der Waals surface area contributed by atoms with Crippen LogP contribution in [0.1, 0.15) is 6.42 Å². The number of carbonyl (C=O) groups excluding carboxylic acids is 1. The normalized spacial score (nSPS) is 18.8. The first-order valence-electron chi connectivity index (χ1n) is 6.48. The van der Waals surface area contributed by atoms with Crippen LogP contribution in [-0.4, -0.2) is 54.9 Å². The third-order valence-electron chi connectivity index (χ3n) is 3.47. The molecule has 1 saturated heterocycles. The molecule has 108 valence electrons. The fraction of sp³-hybridized carbons (Fsp3) is 0.429. The molecular weight excluding hydrogens is 260 g/mol. The predicted octanol–water partition coefficient (Wildman–Crippen LogP) is 1.42. The van der Waals surface area contributed by atoms with Gasteiger partial charge in [-0.15, -0.1) is 0 Å². The van der Waals surface area contributed by atoms with Crippen LogP contribution >= 0.6 is 0 Å². The molecular formula is C14H18N2O4. The Balaban J connectivity index is 2.16. The Morgan fingerprint density at radius 1 is 1.30 bits per heavy atom. The molecule has 0 aliphatic carbocycles. The number of ether oxygens (including phenoxy) is 1. The second-order valence-electron chi connectivity index (χ2n) is 4.69. The summed E-state index contributed by atoms with van der Waals surface area (Å²) in [6.07, 6.45) is -0.776. The zero-order chi connectivity index (χ0) is 14.5. The molecule has 1 N–H and O–H groups in total. The fourth-order valence-corrected chi connectivity index (χ4v) is 2.44. The highest BCUT2D eigenvalue weighted by molar-refractivity contribution is 5.72. The number of hydrogen-bond acceptors (Lipinski definition) is 4. The highest BCUT2D eigenvalue weighted by atomic mass is 16.5. The summed E-state index contributed by atoms with van der Waals surface area (Å²) in [6, 6.07) is 9.49. The maximum Gasteiger partial charge on any atom is 0.407 e. The highest BCUT2D eigenvalue weighted by Crippen LogP contribution is 2.22. The molecule has 1 atom stereocenters. The van der Waals surface area contributed by atoms with Gasteiger partial charge in [0.25, 0.3) is 0 Å². The number of piperazine rings is 1. The number of carboxylic acid groups (broad SMARTS) is 1. The molecule has 0 bridgehead atoms. The second kappa shape index (κ2) is 6.27. The Kier molecular flexibility index (Phi) is 4.45. The summed E-state index contributed by atoms with van der Waals surface area (Å²) < 4.78 is 4.70. The fourth-order valence-electron chi connectivity index (χ4n) is 2.44. The van der Waals surface area contributed by atoms with E-state index >= 15 is 0 Å². The lowest BCUT2D eigenvalue weighted by molar-refractivity contribution is -0.141. The number of nitrogens with zero attached hydrogens (tertiary/aromatic N) is 2. The third kappa shape index (κ3) is 3.20. The SMILES string of the molecule is COC(=O)C[C@H]1CN(C(=O)O)CCN1c1ccccc1. The van der Waals surface area contributed by atoms with E-state index in [9.17, 15) is 9.59 Å². The Bertz CT molecular complexity index is 477. The Hall–Kier alpha value is -2.24. The van der Waals surface area contributed by atoms with Crippen molar-refractivity contribution < 1.29 is 19.4 Å². The van der Waals surface area contributed by atoms with Crippen molar-refractivity contribution in [3.63, 3.8) is 0 Å². The maximum absolute atomic E-state index is 11.5. The lowest BCUT2D eigenvalue weighted by atomic mass is 10.1. The molecule has 1 aliphatic heterocycles. The average molecular weight is 278 g/mol. The summed E-state index contributed by atoms with van der Waals surface area (Å²) in [4.78, 5) is 26.0. The zero-order valence-corrected chi connectivity index (χ0v) is 11.4. The minimum absolute atomic E-state index is 0.176. The van der Waals surface area contributed by atoms with Crippen molar-refractivity contribution >= 4 is 17.7 Å². The van der Waals surface area contributed by atoms with Gasteiger partial charge in [0.15, 0.2) is 0 Å². The van der Waals surface area contributed by atoms with Gasteiger partial charge in [0.05, 0.1) is 19.6 Å². The molecule has 20 heavy (non-hydrogen) atoms. The number of hydrogen-bond donors (Lipinski definition) is 1. The summed E-state index contributed by atoms with van der Waals surface area (Å²) in [6.45, 7) is 1.30. The van der Waals surface area contributed by atoms with Gasteiger partial charge < -0.3 is 19.6 Å². The smallest absolute Gasteiger partial charge is 0.407 e. The first-order chi connectivity index (χ1) is 9.61. The minimum atomic E-state index is -0.951. The number of carbonyl (C=O) groups is 2. The molecule has 0 saturated carbocycles. The molecule has 1 aliphatic rings. The number of benzene rings is 1. The van der Waals surface area contributed by atoms with Gasteiger partial charge in [-0.2, -0.15) is 0 Å². The number of rotatable bonds is 3. The topological polar surface area (TPSA) is 70.1 Å². The summed E-state index contributed by atoms with van der Waals surface area (Å²) in [5.74, 6) is -0.330. The van der Waals surface area contributed by atoms with Crippen LogP contribution < -0.4 is 4.90 Å². The molecule has 1 fully saturated rings. The average Bonchev–Trinajstić information content (AvgIpc) is 2.47. The van der Waals surface area contributed by atoms with E-state index in [4.69, 9.17) is 9.84 Å². The summed E-state index contributed by atoms with van der Waals surface area (Å²) in [5, 5.41) is 9.10. The predicted molar refractivity (Wildman–Crippen MR) is 73.8 cm³/mol. The minimum Gasteiger partial charge on any atom is -0.469 e. The van der Waals surface area contributed by atoms with Crippen LogP contribution in [0.3, 0.4) is 0 Å². The first-order valence-corrected chi connectivity index (χ1v) is 6.48. The maximum atomic E-state index is 11.5. The standard InChI is InChI=1S/C14H18N2O4/c1-20-13(17)9-12-10-15(14(18)19)7-8-16(12)11-5-3-2-4-6-11/h2-6,12H,7-10H2,1H3,(H,18,19)/t12-/m0/s1. The van der Waals surface area contributed by atoms with Gasteiger partial charge in [0, 0.05) is 25.3 Å². The molecule has 1 aromatic carbocycles. The van der Waals surface area contributed by atoms with Gasteiger partial charge >= 0.3 is 12.1 Å². The van der Waals surface area contributed by atoms with E-state index < -0.39 is 6.09 Å². The number of para-hydroxylation sites is 1. The lowest BCUT2D eigenvalue weighted by Crippen LogP contribution is -2.55. The van der Waals surface area contributed by atoms with Crippen LogP contribution in [0.15, 0.2) is 30.3 Å². The molecule has 1 amide bonds. The summed E-state index contributed by atoms with van der Waals surface area (Å²) in [7, 11) is 1.34. The van der Waals surface area contributed by atoms with Crippen molar-refractivity contribution in [2.24, 2.45) is 0 Å². The molecule has 0 aromatic heterocycles. The number of anilines is 1. The zero-order valence-electron chi connectivity index (χ0n) is 11.4. The van der Waals surface area contributed by atoms with E-state index in [1.165, 1.54) is 12.0 Å². The van der Waals surface area contributed by atoms with Crippen molar-refractivity contribution in [3.8, 4) is 0 Å². The molecule has 6 heteroatoms. The third-order valence-corrected chi connectivity index (χ3v) is 3.47. The van der Waals surface area contributed by atoms with Gasteiger partial charge in [-0.1, -0.05) is 18.2 Å². The first kappa shape index (κ1) is 14.2. The number of methoxy groups -OCH3 is 1. The van der Waals surface area contributed by atoms with Crippen molar-refractivity contribution in [2.75, 3.05) is 31.6 Å². The van der Waals surface area contributed by atoms with Crippen LogP contribution in [0.25, 0.3) is 0 Å². The molecule has 1 heterocycles. The molecule has 1 aromatic rings. The quantitative estimate of drug-likeness (QED) is 0.847. The van der Waals surface area contributed by atoms with Gasteiger partial charge in [0.1, 0.15) is 0 Å². The monoisotopic (exact) mass is 278 g/mol. The van der Waals surface area contributed by atoms with Crippen LogP contribution in [0.4, 0.5) is 10.5 Å². The summed E-state index contributed by atoms with van der Waals surface area (Å²) >= 11 is 0. The highest BCUT2D eigenvalue weighted by Gasteiger charge is 2.31. The van der Waals surface area contributed by atoms with Gasteiger partial charge in [-0.05, 0) is 12.1 Å². The van der Waals surface area contributed by atoms with Crippen molar-refractivity contribution in [2.45, 2.75) is 12.5 Å². The van der Waals surface area contributed by atoms with Crippen molar-refractivity contribution in [1.29, 1.82) is 0 Å². The molecule has 0 unspecified atom stereocenters. The Morgan fingerprint density at radius 2 is 2.00 bits per heavy atom. The van der Waals surface area contributed by atoms with Gasteiger partial charge in [0.2, 0.25) is 0 Å². The summed E-state index contributed by atoms with van der Waals surface area (Å²) in [5.41, 5.74) is 0.992. The molecule has 0 spiro atoms. The number of amides is 1. The number of esters is 1. The largest absolute Gasteiger partial charge is 0.469 e. The van der Waals surface area contributed by atoms with E-state index in [0.29, 0.717) is 19.6 Å². The van der Waals surface area contributed by atoms with E-state index in [1.807, 2.05) is 30.3 Å². The van der Waals surface area contributed by atoms with E-state index in [2.05, 4.69) is 4.90 Å². The Labute approximate surface area is 117 Å². The van der Waals surface area contributed by atoms with Crippen LogP contribution in [0.5, 0.6) is 0 Å². The van der Waals surface area contributed by atoms with E-state index in [0.717, 1.165) is 5.69 Å². The molecule has 6 nitrogen and oxygen atoms in total. The van der Waals surface area contributed by atoms with E-state index in [1.54, 1.807) is 0 Å². The van der Waals surface area contributed by atoms with E-state index in [-0.39, 0.29) is 18.4 Å². The molecule has 2 rings (SSSR count). The van der Waals surface area contributed by atoms with Gasteiger partial charge in [-0.25, -0.2) is 4.79 Å². The van der Waals surface area contributed by atoms with Gasteiger partial charge in [-0.3, -0.25) is 4.79 Å². The lowest BCUT2D eigenvalue weighted by Gasteiger charge is -2.41. The van der Waals surface area contributed by atoms with Crippen LogP contribution in [0, 0.1) is 0 Å².